The molecular weight excluding hydrogens is 396 g/mol. The van der Waals surface area contributed by atoms with E-state index < -0.39 is 17.8 Å². The maximum atomic E-state index is 12.9. The molecule has 0 heterocycles. The number of carbonyl (C=O) groups is 3. The van der Waals surface area contributed by atoms with Gasteiger partial charge in [0.1, 0.15) is 11.4 Å². The van der Waals surface area contributed by atoms with Crippen molar-refractivity contribution in [1.29, 1.82) is 0 Å². The van der Waals surface area contributed by atoms with Crippen molar-refractivity contribution >= 4 is 29.5 Å². The third kappa shape index (κ3) is 5.80. The van der Waals surface area contributed by atoms with Gasteiger partial charge in [0, 0.05) is 11.3 Å². The van der Waals surface area contributed by atoms with Crippen LogP contribution in [0.5, 0.6) is 5.75 Å². The Balaban J connectivity index is 1.83. The third-order valence-electron chi connectivity index (χ3n) is 4.35. The van der Waals surface area contributed by atoms with E-state index in [1.807, 2.05) is 18.2 Å². The molecular formula is C24H20N2O5. The topological polar surface area (TPSA) is 105 Å². The number of methoxy groups -OCH3 is 1. The molecule has 0 atom stereocenters. The summed E-state index contributed by atoms with van der Waals surface area (Å²) in [6, 6.07) is 21.3. The minimum Gasteiger partial charge on any atom is -0.497 e. The third-order valence-corrected chi connectivity index (χ3v) is 4.35. The van der Waals surface area contributed by atoms with Gasteiger partial charge in [0.25, 0.3) is 11.8 Å². The summed E-state index contributed by atoms with van der Waals surface area (Å²) in [5, 5.41) is 14.3. The molecule has 0 aliphatic heterocycles. The Labute approximate surface area is 179 Å². The van der Waals surface area contributed by atoms with E-state index in [2.05, 4.69) is 10.6 Å². The second-order valence-electron chi connectivity index (χ2n) is 6.49. The Morgan fingerprint density at radius 1 is 0.839 bits per heavy atom. The number of carboxylic acid groups (broad SMARTS) is 1. The minimum absolute atomic E-state index is 0.0364. The SMILES string of the molecule is COc1ccc(C(=O)N/C(=C/c2ccccc2)C(=O)Nc2ccc(C(=O)O)cc2)cc1. The summed E-state index contributed by atoms with van der Waals surface area (Å²) in [5.41, 5.74) is 1.62. The summed E-state index contributed by atoms with van der Waals surface area (Å²) in [6.45, 7) is 0. The van der Waals surface area contributed by atoms with Crippen LogP contribution < -0.4 is 15.4 Å². The molecule has 0 aliphatic carbocycles. The van der Waals surface area contributed by atoms with Crippen LogP contribution in [-0.4, -0.2) is 30.0 Å². The predicted molar refractivity (Wildman–Crippen MR) is 117 cm³/mol. The Morgan fingerprint density at radius 3 is 2.03 bits per heavy atom. The van der Waals surface area contributed by atoms with E-state index in [-0.39, 0.29) is 11.3 Å². The molecule has 7 nitrogen and oxygen atoms in total. The van der Waals surface area contributed by atoms with Gasteiger partial charge in [-0.2, -0.15) is 0 Å². The molecule has 3 N–H and O–H groups in total. The lowest BCUT2D eigenvalue weighted by Crippen LogP contribution is -2.30. The van der Waals surface area contributed by atoms with Crippen LogP contribution in [-0.2, 0) is 4.79 Å². The lowest BCUT2D eigenvalue weighted by Gasteiger charge is -2.12. The minimum atomic E-state index is -1.06. The molecule has 0 saturated carbocycles. The van der Waals surface area contributed by atoms with Gasteiger partial charge in [-0.3, -0.25) is 9.59 Å². The molecule has 0 radical (unpaired) electrons. The zero-order valence-corrected chi connectivity index (χ0v) is 16.7. The molecule has 7 heteroatoms. The summed E-state index contributed by atoms with van der Waals surface area (Å²) in [5.74, 6) is -1.46. The Morgan fingerprint density at radius 2 is 1.45 bits per heavy atom. The number of aromatic carboxylic acids is 1. The summed E-state index contributed by atoms with van der Waals surface area (Å²) in [7, 11) is 1.53. The van der Waals surface area contributed by atoms with Gasteiger partial charge < -0.3 is 20.5 Å². The van der Waals surface area contributed by atoms with Gasteiger partial charge in [0.05, 0.1) is 12.7 Å². The number of amides is 2. The highest BCUT2D eigenvalue weighted by molar-refractivity contribution is 6.10. The largest absolute Gasteiger partial charge is 0.497 e. The fourth-order valence-electron chi connectivity index (χ4n) is 2.71. The Kier molecular flexibility index (Phi) is 6.80. The van der Waals surface area contributed by atoms with Crippen LogP contribution in [0.2, 0.25) is 0 Å². The molecule has 0 aromatic heterocycles. The smallest absolute Gasteiger partial charge is 0.335 e. The molecule has 31 heavy (non-hydrogen) atoms. The quantitative estimate of drug-likeness (QED) is 0.508. The monoisotopic (exact) mass is 416 g/mol. The zero-order valence-electron chi connectivity index (χ0n) is 16.7. The van der Waals surface area contributed by atoms with E-state index in [4.69, 9.17) is 9.84 Å². The molecule has 0 bridgehead atoms. The number of nitrogens with one attached hydrogen (secondary N) is 2. The van der Waals surface area contributed by atoms with Gasteiger partial charge in [0.2, 0.25) is 0 Å². The maximum Gasteiger partial charge on any atom is 0.335 e. The van der Waals surface area contributed by atoms with Crippen molar-refractivity contribution in [2.24, 2.45) is 0 Å². The highest BCUT2D eigenvalue weighted by atomic mass is 16.5. The Bertz CT molecular complexity index is 1100. The van der Waals surface area contributed by atoms with E-state index in [9.17, 15) is 14.4 Å². The molecule has 3 aromatic rings. The number of hydrogen-bond donors (Lipinski definition) is 3. The van der Waals surface area contributed by atoms with Crippen LogP contribution in [0.1, 0.15) is 26.3 Å². The van der Waals surface area contributed by atoms with Crippen LogP contribution in [0, 0.1) is 0 Å². The van der Waals surface area contributed by atoms with Crippen molar-refractivity contribution < 1.29 is 24.2 Å². The van der Waals surface area contributed by atoms with E-state index in [0.29, 0.717) is 17.0 Å². The molecule has 156 valence electrons. The lowest BCUT2D eigenvalue weighted by molar-refractivity contribution is -0.113. The van der Waals surface area contributed by atoms with Crippen LogP contribution in [0.15, 0.2) is 84.6 Å². The van der Waals surface area contributed by atoms with E-state index >= 15 is 0 Å². The highest BCUT2D eigenvalue weighted by Crippen LogP contribution is 2.14. The summed E-state index contributed by atoms with van der Waals surface area (Å²) in [6.07, 6.45) is 1.56. The summed E-state index contributed by atoms with van der Waals surface area (Å²) < 4.78 is 5.09. The highest BCUT2D eigenvalue weighted by Gasteiger charge is 2.15. The van der Waals surface area contributed by atoms with E-state index in [1.54, 1.807) is 42.5 Å². The zero-order chi connectivity index (χ0) is 22.2. The number of benzene rings is 3. The van der Waals surface area contributed by atoms with Crippen molar-refractivity contribution in [3.05, 3.63) is 101 Å². The van der Waals surface area contributed by atoms with Gasteiger partial charge in [-0.05, 0) is 60.2 Å². The van der Waals surface area contributed by atoms with Crippen molar-refractivity contribution in [1.82, 2.24) is 5.32 Å². The predicted octanol–water partition coefficient (Wildman–Crippen LogP) is 3.80. The van der Waals surface area contributed by atoms with Gasteiger partial charge >= 0.3 is 5.97 Å². The standard InChI is InChI=1S/C24H20N2O5/c1-31-20-13-9-17(10-14-20)22(27)26-21(15-16-5-3-2-4-6-16)23(28)25-19-11-7-18(8-12-19)24(29)30/h2-15H,1H3,(H,25,28)(H,26,27)(H,29,30)/b21-15+. The van der Waals surface area contributed by atoms with Crippen LogP contribution in [0.3, 0.4) is 0 Å². The number of rotatable bonds is 7. The van der Waals surface area contributed by atoms with E-state index in [0.717, 1.165) is 5.56 Å². The van der Waals surface area contributed by atoms with Gasteiger partial charge in [0.15, 0.2) is 0 Å². The lowest BCUT2D eigenvalue weighted by atomic mass is 10.1. The first kappa shape index (κ1) is 21.3. The van der Waals surface area contributed by atoms with Crippen LogP contribution in [0.4, 0.5) is 5.69 Å². The number of carboxylic acids is 1. The number of carbonyl (C=O) groups excluding carboxylic acids is 2. The first-order valence-corrected chi connectivity index (χ1v) is 9.33. The van der Waals surface area contributed by atoms with Gasteiger partial charge in [-0.1, -0.05) is 30.3 Å². The summed E-state index contributed by atoms with van der Waals surface area (Å²) >= 11 is 0. The molecule has 0 spiro atoms. The van der Waals surface area contributed by atoms with Crippen molar-refractivity contribution in [3.8, 4) is 5.75 Å². The number of hydrogen-bond acceptors (Lipinski definition) is 4. The molecule has 0 unspecified atom stereocenters. The number of anilines is 1. The second kappa shape index (κ2) is 9.89. The fraction of sp³-hybridized carbons (Fsp3) is 0.0417. The van der Waals surface area contributed by atoms with Crippen molar-refractivity contribution in [2.75, 3.05) is 12.4 Å². The van der Waals surface area contributed by atoms with E-state index in [1.165, 1.54) is 31.4 Å². The van der Waals surface area contributed by atoms with Crippen molar-refractivity contribution in [2.45, 2.75) is 0 Å². The molecule has 3 aromatic carbocycles. The molecule has 0 saturated heterocycles. The van der Waals surface area contributed by atoms with Gasteiger partial charge in [-0.25, -0.2) is 4.79 Å². The molecule has 0 aliphatic rings. The van der Waals surface area contributed by atoms with Crippen LogP contribution in [0.25, 0.3) is 6.08 Å². The number of ether oxygens (including phenoxy) is 1. The van der Waals surface area contributed by atoms with Crippen molar-refractivity contribution in [3.63, 3.8) is 0 Å². The fourth-order valence-corrected chi connectivity index (χ4v) is 2.71. The maximum absolute atomic E-state index is 12.9. The van der Waals surface area contributed by atoms with Crippen LogP contribution >= 0.6 is 0 Å². The average molecular weight is 416 g/mol. The molecule has 0 fully saturated rings. The Hall–Kier alpha value is -4.39. The first-order valence-electron chi connectivity index (χ1n) is 9.33. The van der Waals surface area contributed by atoms with Gasteiger partial charge in [-0.15, -0.1) is 0 Å². The second-order valence-corrected chi connectivity index (χ2v) is 6.49. The normalized spacial score (nSPS) is 10.8. The first-order chi connectivity index (χ1) is 15.0. The summed E-state index contributed by atoms with van der Waals surface area (Å²) in [4.78, 5) is 36.5. The average Bonchev–Trinajstić information content (AvgIpc) is 2.79. The molecule has 3 rings (SSSR count). The molecule has 2 amide bonds.